The van der Waals surface area contributed by atoms with Crippen LogP contribution in [0.15, 0.2) is 129 Å². The number of allylic oxidation sites excluding steroid dienone is 8. The molecule has 52 heavy (non-hydrogen) atoms. The average molecular weight is 693 g/mol. The van der Waals surface area contributed by atoms with Gasteiger partial charge in [-0.1, -0.05) is 72.8 Å². The Morgan fingerprint density at radius 2 is 1.48 bits per heavy atom. The molecule has 0 unspecified atom stereocenters. The molecule has 0 radical (unpaired) electrons. The molecule has 4 aromatic carbocycles. The van der Waals surface area contributed by atoms with Crippen molar-refractivity contribution in [3.05, 3.63) is 151 Å². The van der Waals surface area contributed by atoms with E-state index in [-0.39, 0.29) is 24.5 Å². The van der Waals surface area contributed by atoms with Gasteiger partial charge in [0.2, 0.25) is 5.88 Å². The standard InChI is InChI=1S/C45H48N4O3/c1-8-48-43(50)42(44(51)49(9-2)45(48)52)41-35(23-21-29(3)46-39-27-25-33-15-10-12-19-37(33)31(39)5)17-14-18-36(41)24-22-30(4)47(7)40-28-26-34-16-11-13-20-38(34)32(40)6/h10-13,15-16,19-28,50H,8-9,14,17-18H2,1-7H3/b23-21+,30-22+,36-24+,46-29+. The summed E-state index contributed by atoms with van der Waals surface area (Å²) in [5.74, 6) is -0.294. The van der Waals surface area contributed by atoms with Crippen LogP contribution in [0.25, 0.3) is 27.1 Å². The minimum absolute atomic E-state index is 0.165. The molecule has 0 spiro atoms. The van der Waals surface area contributed by atoms with Crippen molar-refractivity contribution >= 4 is 44.2 Å². The van der Waals surface area contributed by atoms with Crippen LogP contribution >= 0.6 is 0 Å². The maximum absolute atomic E-state index is 14.1. The zero-order valence-corrected chi connectivity index (χ0v) is 31.3. The van der Waals surface area contributed by atoms with Crippen LogP contribution in [0.1, 0.15) is 63.6 Å². The van der Waals surface area contributed by atoms with Gasteiger partial charge in [-0.15, -0.1) is 0 Å². The predicted octanol–water partition coefficient (Wildman–Crippen LogP) is 9.93. The molecule has 7 heteroatoms. The van der Waals surface area contributed by atoms with Gasteiger partial charge in [-0.3, -0.25) is 18.9 Å². The van der Waals surface area contributed by atoms with Gasteiger partial charge in [0, 0.05) is 37.2 Å². The number of hydrogen-bond donors (Lipinski definition) is 1. The minimum atomic E-state index is -0.507. The monoisotopic (exact) mass is 692 g/mol. The number of benzene rings is 4. The molecular weight excluding hydrogens is 645 g/mol. The normalized spacial score (nSPS) is 15.1. The van der Waals surface area contributed by atoms with Crippen molar-refractivity contribution in [3.8, 4) is 5.88 Å². The fourth-order valence-corrected chi connectivity index (χ4v) is 7.34. The zero-order chi connectivity index (χ0) is 37.1. The van der Waals surface area contributed by atoms with E-state index >= 15 is 0 Å². The summed E-state index contributed by atoms with van der Waals surface area (Å²) >= 11 is 0. The summed E-state index contributed by atoms with van der Waals surface area (Å²) in [4.78, 5) is 34.4. The first-order valence-electron chi connectivity index (χ1n) is 18.2. The SMILES string of the molecule is CCn1c(O)c(C2=C(/C=C/C(C)=N/c3ccc4ccccc4c3C)CCC/C2=C\C=C(/C)N(C)c2ccc3ccccc3c2C)c(=O)n(CC)c1=O. The lowest BCUT2D eigenvalue weighted by molar-refractivity contribution is 0.393. The first-order chi connectivity index (χ1) is 25.0. The Bertz CT molecular complexity index is 2470. The van der Waals surface area contributed by atoms with Crippen molar-refractivity contribution in [2.45, 2.75) is 73.9 Å². The van der Waals surface area contributed by atoms with E-state index in [1.165, 1.54) is 36.2 Å². The number of nitrogens with zero attached hydrogens (tertiary/aromatic N) is 4. The van der Waals surface area contributed by atoms with Crippen LogP contribution in [-0.4, -0.2) is 27.0 Å². The van der Waals surface area contributed by atoms with Gasteiger partial charge in [-0.2, -0.15) is 0 Å². The van der Waals surface area contributed by atoms with Gasteiger partial charge in [0.25, 0.3) is 5.56 Å². The van der Waals surface area contributed by atoms with Crippen LogP contribution in [0.3, 0.4) is 0 Å². The highest BCUT2D eigenvalue weighted by atomic mass is 16.3. The zero-order valence-electron chi connectivity index (χ0n) is 31.3. The Kier molecular flexibility index (Phi) is 10.6. The molecule has 7 nitrogen and oxygen atoms in total. The molecule has 0 atom stereocenters. The molecule has 0 saturated carbocycles. The van der Waals surface area contributed by atoms with E-state index in [1.54, 1.807) is 13.8 Å². The quantitative estimate of drug-likeness (QED) is 0.156. The third kappa shape index (κ3) is 6.83. The summed E-state index contributed by atoms with van der Waals surface area (Å²) in [5.41, 5.74) is 7.89. The van der Waals surface area contributed by atoms with Gasteiger partial charge >= 0.3 is 5.69 Å². The maximum atomic E-state index is 14.1. The Morgan fingerprint density at radius 3 is 2.15 bits per heavy atom. The third-order valence-corrected chi connectivity index (χ3v) is 10.4. The van der Waals surface area contributed by atoms with Crippen LogP contribution < -0.4 is 16.1 Å². The largest absolute Gasteiger partial charge is 0.494 e. The third-order valence-electron chi connectivity index (χ3n) is 10.4. The van der Waals surface area contributed by atoms with Gasteiger partial charge in [0.15, 0.2) is 0 Å². The summed E-state index contributed by atoms with van der Waals surface area (Å²) < 4.78 is 2.50. The van der Waals surface area contributed by atoms with E-state index in [2.05, 4.69) is 99.5 Å². The average Bonchev–Trinajstić information content (AvgIpc) is 3.15. The molecule has 0 fully saturated rings. The van der Waals surface area contributed by atoms with Gasteiger partial charge < -0.3 is 10.0 Å². The van der Waals surface area contributed by atoms with Crippen molar-refractivity contribution in [3.63, 3.8) is 0 Å². The van der Waals surface area contributed by atoms with Crippen LogP contribution in [0, 0.1) is 13.8 Å². The van der Waals surface area contributed by atoms with Gasteiger partial charge in [0.1, 0.15) is 5.56 Å². The lowest BCUT2D eigenvalue weighted by Crippen LogP contribution is -2.41. The van der Waals surface area contributed by atoms with Crippen molar-refractivity contribution in [2.75, 3.05) is 11.9 Å². The van der Waals surface area contributed by atoms with Crippen LogP contribution in [0.4, 0.5) is 11.4 Å². The topological polar surface area (TPSA) is 79.8 Å². The molecule has 1 aromatic heterocycles. The fraction of sp³-hybridized carbons (Fsp3) is 0.267. The number of anilines is 1. The second-order valence-corrected chi connectivity index (χ2v) is 13.5. The van der Waals surface area contributed by atoms with Gasteiger partial charge in [-0.25, -0.2) is 4.79 Å². The fourth-order valence-electron chi connectivity index (χ4n) is 7.34. The Balaban J connectivity index is 1.47. The number of aromatic nitrogens is 2. The molecular formula is C45H48N4O3. The highest BCUT2D eigenvalue weighted by Crippen LogP contribution is 2.39. The van der Waals surface area contributed by atoms with Crippen molar-refractivity contribution in [2.24, 2.45) is 4.99 Å². The number of rotatable bonds is 9. The lowest BCUT2D eigenvalue weighted by atomic mass is 9.83. The Hall–Kier alpha value is -5.69. The minimum Gasteiger partial charge on any atom is -0.494 e. The van der Waals surface area contributed by atoms with E-state index in [0.29, 0.717) is 12.0 Å². The molecule has 0 aliphatic heterocycles. The first-order valence-corrected chi connectivity index (χ1v) is 18.2. The van der Waals surface area contributed by atoms with E-state index in [0.717, 1.165) is 52.3 Å². The molecule has 0 bridgehead atoms. The van der Waals surface area contributed by atoms with Crippen LogP contribution in [0.5, 0.6) is 5.88 Å². The number of aromatic hydroxyl groups is 1. The molecule has 266 valence electrons. The lowest BCUT2D eigenvalue weighted by Gasteiger charge is -2.25. The first kappa shape index (κ1) is 36.1. The van der Waals surface area contributed by atoms with Gasteiger partial charge in [-0.05, 0) is 134 Å². The highest BCUT2D eigenvalue weighted by Gasteiger charge is 2.27. The van der Waals surface area contributed by atoms with Crippen molar-refractivity contribution < 1.29 is 5.11 Å². The summed E-state index contributed by atoms with van der Waals surface area (Å²) in [7, 11) is 2.06. The van der Waals surface area contributed by atoms with Crippen molar-refractivity contribution in [1.82, 2.24) is 9.13 Å². The summed E-state index contributed by atoms with van der Waals surface area (Å²) in [5, 5.41) is 16.4. The van der Waals surface area contributed by atoms with Crippen LogP contribution in [0.2, 0.25) is 0 Å². The van der Waals surface area contributed by atoms with Crippen LogP contribution in [-0.2, 0) is 13.1 Å². The number of aryl methyl sites for hydroxylation is 2. The second-order valence-electron chi connectivity index (χ2n) is 13.5. The van der Waals surface area contributed by atoms with E-state index in [4.69, 9.17) is 4.99 Å². The molecule has 0 amide bonds. The molecule has 1 aliphatic carbocycles. The molecule has 1 aliphatic rings. The smallest absolute Gasteiger partial charge is 0.333 e. The maximum Gasteiger partial charge on any atom is 0.333 e. The van der Waals surface area contributed by atoms with Crippen molar-refractivity contribution in [1.29, 1.82) is 0 Å². The second kappa shape index (κ2) is 15.3. The highest BCUT2D eigenvalue weighted by molar-refractivity contribution is 5.98. The predicted molar refractivity (Wildman–Crippen MR) is 218 cm³/mol. The molecule has 1 N–H and O–H groups in total. The Labute approximate surface area is 305 Å². The Morgan fingerprint density at radius 1 is 0.846 bits per heavy atom. The van der Waals surface area contributed by atoms with E-state index in [1.807, 2.05) is 37.3 Å². The van der Waals surface area contributed by atoms with E-state index in [9.17, 15) is 14.7 Å². The number of fused-ring (bicyclic) bond motifs is 2. The summed E-state index contributed by atoms with van der Waals surface area (Å²) in [6.45, 7) is 12.3. The summed E-state index contributed by atoms with van der Waals surface area (Å²) in [6.07, 6.45) is 10.5. The summed E-state index contributed by atoms with van der Waals surface area (Å²) in [6, 6.07) is 25.1. The van der Waals surface area contributed by atoms with Gasteiger partial charge in [0.05, 0.1) is 5.69 Å². The molecule has 1 heterocycles. The molecule has 6 rings (SSSR count). The number of hydrogen-bond acceptors (Lipinski definition) is 5. The van der Waals surface area contributed by atoms with E-state index < -0.39 is 11.2 Å². The molecule has 5 aromatic rings. The molecule has 0 saturated heterocycles. The number of aliphatic imine (C=N–C) groups is 1.